The first kappa shape index (κ1) is 16.8. The fourth-order valence-electron chi connectivity index (χ4n) is 2.61. The summed E-state index contributed by atoms with van der Waals surface area (Å²) in [4.78, 5) is 13.4. The van der Waals surface area contributed by atoms with Gasteiger partial charge in [-0.25, -0.2) is 9.97 Å². The number of rotatable bonds is 8. The number of hydrogen-bond donors (Lipinski definition) is 1. The van der Waals surface area contributed by atoms with Crippen LogP contribution in [0.15, 0.2) is 10.6 Å². The van der Waals surface area contributed by atoms with Crippen molar-refractivity contribution in [1.82, 2.24) is 20.1 Å². The minimum absolute atomic E-state index is 0.326. The zero-order valence-electron chi connectivity index (χ0n) is 14.1. The summed E-state index contributed by atoms with van der Waals surface area (Å²) < 4.78 is 15.8. The molecule has 3 rings (SSSR count). The molecule has 8 heteroatoms. The molecule has 1 saturated heterocycles. The van der Waals surface area contributed by atoms with Gasteiger partial charge in [-0.05, 0) is 6.42 Å². The number of aryl methyl sites for hydroxylation is 1. The lowest BCUT2D eigenvalue weighted by molar-refractivity contribution is 0.177. The number of methoxy groups -OCH3 is 1. The highest BCUT2D eigenvalue weighted by Crippen LogP contribution is 2.25. The highest BCUT2D eigenvalue weighted by atomic mass is 16.5. The zero-order valence-corrected chi connectivity index (χ0v) is 14.1. The summed E-state index contributed by atoms with van der Waals surface area (Å²) in [5.74, 6) is 3.16. The van der Waals surface area contributed by atoms with Crippen LogP contribution in [0.5, 0.6) is 0 Å². The van der Waals surface area contributed by atoms with Crippen LogP contribution in [-0.2, 0) is 28.9 Å². The lowest BCUT2D eigenvalue weighted by Gasteiger charge is -2.12. The summed E-state index contributed by atoms with van der Waals surface area (Å²) in [6.07, 6.45) is 2.42. The second kappa shape index (κ2) is 8.16. The van der Waals surface area contributed by atoms with E-state index >= 15 is 0 Å². The van der Waals surface area contributed by atoms with Crippen molar-refractivity contribution < 1.29 is 14.0 Å². The molecule has 1 fully saturated rings. The van der Waals surface area contributed by atoms with Crippen molar-refractivity contribution in [3.8, 4) is 0 Å². The van der Waals surface area contributed by atoms with E-state index in [1.165, 1.54) is 0 Å². The van der Waals surface area contributed by atoms with E-state index in [1.807, 2.05) is 13.0 Å². The quantitative estimate of drug-likeness (QED) is 0.780. The van der Waals surface area contributed by atoms with Gasteiger partial charge in [-0.1, -0.05) is 12.1 Å². The van der Waals surface area contributed by atoms with Gasteiger partial charge in [-0.15, -0.1) is 0 Å². The van der Waals surface area contributed by atoms with E-state index < -0.39 is 0 Å². The van der Waals surface area contributed by atoms with E-state index in [0.717, 1.165) is 36.8 Å². The molecule has 8 nitrogen and oxygen atoms in total. The Hall–Kier alpha value is -2.06. The predicted octanol–water partition coefficient (Wildman–Crippen LogP) is 1.73. The van der Waals surface area contributed by atoms with Gasteiger partial charge in [0.1, 0.15) is 12.4 Å². The number of anilines is 1. The van der Waals surface area contributed by atoms with E-state index in [4.69, 9.17) is 14.0 Å². The SMILES string of the molecule is CCc1noc(CCNc2cc(C3CCOC3)nc(COC)n2)n1. The van der Waals surface area contributed by atoms with Crippen molar-refractivity contribution in [2.24, 2.45) is 0 Å². The number of ether oxygens (including phenoxy) is 2. The molecular formula is C16H23N5O3. The van der Waals surface area contributed by atoms with Gasteiger partial charge in [0.25, 0.3) is 0 Å². The Kier molecular flexibility index (Phi) is 5.71. The molecule has 1 unspecified atom stereocenters. The van der Waals surface area contributed by atoms with Crippen LogP contribution in [0.3, 0.4) is 0 Å². The van der Waals surface area contributed by atoms with Crippen molar-refractivity contribution in [2.45, 2.75) is 38.7 Å². The zero-order chi connectivity index (χ0) is 16.8. The average molecular weight is 333 g/mol. The standard InChI is InChI=1S/C16H23N5O3/c1-3-13-20-16(24-21-13)4-6-17-14-8-12(11-5-7-23-9-11)18-15(19-14)10-22-2/h8,11H,3-7,9-10H2,1-2H3,(H,17,18,19). The molecule has 3 heterocycles. The molecule has 0 aromatic carbocycles. The molecule has 1 atom stereocenters. The molecular weight excluding hydrogens is 310 g/mol. The first-order chi connectivity index (χ1) is 11.8. The molecule has 1 N–H and O–H groups in total. The number of nitrogens with zero attached hydrogens (tertiary/aromatic N) is 4. The smallest absolute Gasteiger partial charge is 0.228 e. The summed E-state index contributed by atoms with van der Waals surface area (Å²) in [5, 5.41) is 7.20. The maximum atomic E-state index is 5.46. The topological polar surface area (TPSA) is 95.2 Å². The van der Waals surface area contributed by atoms with E-state index in [9.17, 15) is 0 Å². The molecule has 0 spiro atoms. The largest absolute Gasteiger partial charge is 0.381 e. The summed E-state index contributed by atoms with van der Waals surface area (Å²) in [6, 6.07) is 1.99. The van der Waals surface area contributed by atoms with Crippen LogP contribution in [0, 0.1) is 0 Å². The molecule has 0 bridgehead atoms. The van der Waals surface area contributed by atoms with Crippen molar-refractivity contribution in [3.05, 3.63) is 29.3 Å². The first-order valence-electron chi connectivity index (χ1n) is 8.28. The summed E-state index contributed by atoms with van der Waals surface area (Å²) >= 11 is 0. The van der Waals surface area contributed by atoms with Crippen LogP contribution >= 0.6 is 0 Å². The summed E-state index contributed by atoms with van der Waals surface area (Å²) in [5.41, 5.74) is 1.00. The normalized spacial score (nSPS) is 17.3. The van der Waals surface area contributed by atoms with E-state index in [2.05, 4.69) is 25.4 Å². The van der Waals surface area contributed by atoms with Crippen LogP contribution in [0.2, 0.25) is 0 Å². The maximum Gasteiger partial charge on any atom is 0.228 e. The van der Waals surface area contributed by atoms with Crippen LogP contribution < -0.4 is 5.32 Å². The Morgan fingerprint density at radius 1 is 1.29 bits per heavy atom. The second-order valence-corrected chi connectivity index (χ2v) is 5.72. The Morgan fingerprint density at radius 2 is 2.21 bits per heavy atom. The molecule has 24 heavy (non-hydrogen) atoms. The van der Waals surface area contributed by atoms with Gasteiger partial charge in [0.2, 0.25) is 5.89 Å². The number of nitrogens with one attached hydrogen (secondary N) is 1. The fourth-order valence-corrected chi connectivity index (χ4v) is 2.61. The Morgan fingerprint density at radius 3 is 2.92 bits per heavy atom. The number of aromatic nitrogens is 4. The van der Waals surface area contributed by atoms with E-state index in [-0.39, 0.29) is 0 Å². The van der Waals surface area contributed by atoms with Crippen LogP contribution in [0.4, 0.5) is 5.82 Å². The van der Waals surface area contributed by atoms with Gasteiger partial charge in [0, 0.05) is 45.1 Å². The van der Waals surface area contributed by atoms with Crippen molar-refractivity contribution in [3.63, 3.8) is 0 Å². The second-order valence-electron chi connectivity index (χ2n) is 5.72. The van der Waals surface area contributed by atoms with Gasteiger partial charge in [-0.3, -0.25) is 0 Å². The maximum absolute atomic E-state index is 5.46. The van der Waals surface area contributed by atoms with E-state index in [1.54, 1.807) is 7.11 Å². The molecule has 0 amide bonds. The molecule has 2 aromatic heterocycles. The number of hydrogen-bond acceptors (Lipinski definition) is 8. The summed E-state index contributed by atoms with van der Waals surface area (Å²) in [7, 11) is 1.64. The van der Waals surface area contributed by atoms with Gasteiger partial charge >= 0.3 is 0 Å². The monoisotopic (exact) mass is 333 g/mol. The molecule has 130 valence electrons. The highest BCUT2D eigenvalue weighted by Gasteiger charge is 2.20. The predicted molar refractivity (Wildman–Crippen MR) is 86.8 cm³/mol. The van der Waals surface area contributed by atoms with Crippen molar-refractivity contribution in [1.29, 1.82) is 0 Å². The fraction of sp³-hybridized carbons (Fsp3) is 0.625. The minimum atomic E-state index is 0.326. The van der Waals surface area contributed by atoms with Crippen molar-refractivity contribution in [2.75, 3.05) is 32.2 Å². The van der Waals surface area contributed by atoms with Gasteiger partial charge < -0.3 is 19.3 Å². The molecule has 1 aliphatic heterocycles. The third-order valence-corrected chi connectivity index (χ3v) is 3.89. The lowest BCUT2D eigenvalue weighted by Crippen LogP contribution is -2.12. The molecule has 2 aromatic rings. The van der Waals surface area contributed by atoms with Crippen molar-refractivity contribution >= 4 is 5.82 Å². The van der Waals surface area contributed by atoms with Gasteiger partial charge in [0.15, 0.2) is 11.6 Å². The molecule has 1 aliphatic rings. The van der Waals surface area contributed by atoms with Gasteiger partial charge in [0.05, 0.1) is 12.3 Å². The summed E-state index contributed by atoms with van der Waals surface area (Å²) in [6.45, 7) is 4.55. The van der Waals surface area contributed by atoms with Crippen LogP contribution in [-0.4, -0.2) is 47.0 Å². The minimum Gasteiger partial charge on any atom is -0.381 e. The molecule has 0 saturated carbocycles. The first-order valence-corrected chi connectivity index (χ1v) is 8.28. The Labute approximate surface area is 141 Å². The third kappa shape index (κ3) is 4.27. The molecule has 0 aliphatic carbocycles. The lowest BCUT2D eigenvalue weighted by atomic mass is 10.0. The highest BCUT2D eigenvalue weighted by molar-refractivity contribution is 5.37. The van der Waals surface area contributed by atoms with E-state index in [0.29, 0.717) is 43.8 Å². The Bertz CT molecular complexity index is 655. The van der Waals surface area contributed by atoms with Crippen LogP contribution in [0.1, 0.15) is 42.5 Å². The van der Waals surface area contributed by atoms with Crippen LogP contribution in [0.25, 0.3) is 0 Å². The average Bonchev–Trinajstić information content (AvgIpc) is 3.27. The third-order valence-electron chi connectivity index (χ3n) is 3.89. The Balaban J connectivity index is 1.64. The molecule has 0 radical (unpaired) electrons. The van der Waals surface area contributed by atoms with Gasteiger partial charge in [-0.2, -0.15) is 4.98 Å².